The maximum absolute atomic E-state index is 13.4. The van der Waals surface area contributed by atoms with Gasteiger partial charge in [0.2, 0.25) is 18.3 Å². The van der Waals surface area contributed by atoms with Gasteiger partial charge in [0.05, 0.1) is 5.41 Å². The van der Waals surface area contributed by atoms with E-state index in [4.69, 9.17) is 25.8 Å². The van der Waals surface area contributed by atoms with Gasteiger partial charge in [0.25, 0.3) is 11.8 Å². The van der Waals surface area contributed by atoms with E-state index >= 15 is 0 Å². The molecule has 1 saturated heterocycles. The molecule has 2 amide bonds. The Labute approximate surface area is 262 Å². The molecule has 2 aromatic heterocycles. The minimum atomic E-state index is -0.999. The number of esters is 2. The molecule has 2 atom stereocenters. The quantitative estimate of drug-likeness (QED) is 0.0503. The summed E-state index contributed by atoms with van der Waals surface area (Å²) in [6, 6.07) is -0.999. The number of thioether (sulfide) groups is 2. The number of rotatable bonds is 13. The molecule has 43 heavy (non-hydrogen) atoms. The molecule has 5 N–H and O–H groups in total. The van der Waals surface area contributed by atoms with Crippen LogP contribution in [0.4, 0.5) is 5.13 Å². The number of amides is 2. The molecule has 1 fully saturated rings. The van der Waals surface area contributed by atoms with Crippen molar-refractivity contribution in [3.8, 4) is 0 Å². The third kappa shape index (κ3) is 7.99. The standard InChI is InChI=1S/C23H29N9O7S4/c1-23(2,3)20(36)38-10-37-19(35)14-11(8-41-22-29-26-9-42-22)7-40-18-13(17(34)32(14)18)27-16(33)12(30-39-6-4-5-24)15-28-21(25)43-31-15/h9,13,18H,4-8,10,24H2,1-3H3,(H,27,33)(H2,25,28,31)/b30-12+/t13?,18-/m1/s1. The van der Waals surface area contributed by atoms with Gasteiger partial charge in [0, 0.05) is 23.0 Å². The second kappa shape index (κ2) is 14.4. The van der Waals surface area contributed by atoms with Crippen molar-refractivity contribution in [2.75, 3.05) is 37.2 Å². The molecule has 232 valence electrons. The van der Waals surface area contributed by atoms with E-state index in [0.717, 1.165) is 11.5 Å². The van der Waals surface area contributed by atoms with Crippen LogP contribution in [0.25, 0.3) is 0 Å². The zero-order chi connectivity index (χ0) is 31.1. The highest BCUT2D eigenvalue weighted by atomic mass is 32.2. The molecule has 0 bridgehead atoms. The number of carbonyl (C=O) groups excluding carboxylic acids is 4. The molecule has 16 nitrogen and oxygen atoms in total. The minimum Gasteiger partial charge on any atom is -0.427 e. The second-order valence-corrected chi connectivity index (χ2v) is 13.9. The van der Waals surface area contributed by atoms with E-state index in [1.165, 1.54) is 39.8 Å². The molecule has 0 spiro atoms. The van der Waals surface area contributed by atoms with Gasteiger partial charge in [-0.15, -0.1) is 22.0 Å². The van der Waals surface area contributed by atoms with Gasteiger partial charge >= 0.3 is 11.9 Å². The van der Waals surface area contributed by atoms with E-state index in [1.54, 1.807) is 26.3 Å². The first-order valence-corrected chi connectivity index (χ1v) is 16.4. The van der Waals surface area contributed by atoms with Gasteiger partial charge in [-0.3, -0.25) is 19.3 Å². The summed E-state index contributed by atoms with van der Waals surface area (Å²) in [7, 11) is 0. The molecule has 1 unspecified atom stereocenters. The van der Waals surface area contributed by atoms with Gasteiger partial charge in [0.1, 0.15) is 29.2 Å². The van der Waals surface area contributed by atoms with Crippen molar-refractivity contribution >= 4 is 81.0 Å². The normalized spacial score (nSPS) is 18.6. The smallest absolute Gasteiger partial charge is 0.357 e. The average Bonchev–Trinajstić information content (AvgIpc) is 3.65. The van der Waals surface area contributed by atoms with Crippen LogP contribution in [0.2, 0.25) is 0 Å². The summed E-state index contributed by atoms with van der Waals surface area (Å²) in [6.07, 6.45) is 0.500. The first kappa shape index (κ1) is 32.6. The van der Waals surface area contributed by atoms with E-state index in [2.05, 4.69) is 30.0 Å². The topological polar surface area (TPSA) is 227 Å². The van der Waals surface area contributed by atoms with Crippen LogP contribution in [0.15, 0.2) is 26.3 Å². The maximum atomic E-state index is 13.4. The van der Waals surface area contributed by atoms with E-state index in [9.17, 15) is 19.2 Å². The number of nitrogen functional groups attached to an aromatic ring is 1. The number of hydrogen-bond acceptors (Lipinski definition) is 18. The summed E-state index contributed by atoms with van der Waals surface area (Å²) < 4.78 is 15.0. The molecular formula is C23H29N9O7S4. The van der Waals surface area contributed by atoms with Crippen LogP contribution in [-0.4, -0.2) is 96.8 Å². The Balaban J connectivity index is 1.50. The van der Waals surface area contributed by atoms with Gasteiger partial charge in [0.15, 0.2) is 9.47 Å². The lowest BCUT2D eigenvalue weighted by molar-refractivity contribution is -0.173. The summed E-state index contributed by atoms with van der Waals surface area (Å²) in [5.41, 5.74) is 12.3. The van der Waals surface area contributed by atoms with Crippen molar-refractivity contribution in [1.29, 1.82) is 0 Å². The number of nitrogens with one attached hydrogen (secondary N) is 1. The molecule has 0 saturated carbocycles. The summed E-state index contributed by atoms with van der Waals surface area (Å²) in [5.74, 6) is -2.07. The van der Waals surface area contributed by atoms with Crippen LogP contribution in [-0.2, 0) is 33.5 Å². The van der Waals surface area contributed by atoms with Gasteiger partial charge in [-0.05, 0) is 39.3 Å². The van der Waals surface area contributed by atoms with Crippen LogP contribution >= 0.6 is 46.4 Å². The molecule has 0 aliphatic carbocycles. The molecule has 0 aromatic carbocycles. The molecule has 2 aromatic rings. The number of hydrogen-bond donors (Lipinski definition) is 3. The van der Waals surface area contributed by atoms with Gasteiger partial charge < -0.3 is 31.1 Å². The Hall–Kier alpha value is -3.33. The number of oxime groups is 1. The molecule has 4 rings (SSSR count). The summed E-state index contributed by atoms with van der Waals surface area (Å²) in [4.78, 5) is 62.5. The first-order valence-electron chi connectivity index (χ1n) is 12.7. The van der Waals surface area contributed by atoms with Gasteiger partial charge in [-0.25, -0.2) is 4.79 Å². The molecular weight excluding hydrogens is 643 g/mol. The lowest BCUT2D eigenvalue weighted by Gasteiger charge is -2.49. The minimum absolute atomic E-state index is 0.0241. The fourth-order valence-electron chi connectivity index (χ4n) is 3.56. The summed E-state index contributed by atoms with van der Waals surface area (Å²) in [6.45, 7) is 4.90. The lowest BCUT2D eigenvalue weighted by atomic mass is 9.98. The molecule has 2 aliphatic rings. The number of aromatic nitrogens is 4. The van der Waals surface area contributed by atoms with Crippen LogP contribution in [0.1, 0.15) is 33.0 Å². The van der Waals surface area contributed by atoms with Crippen LogP contribution in [0.5, 0.6) is 0 Å². The number of carbonyl (C=O) groups is 4. The third-order valence-corrected chi connectivity index (χ3v) is 9.52. The Morgan fingerprint density at radius 2 is 2.07 bits per heavy atom. The molecule has 0 radical (unpaired) electrons. The van der Waals surface area contributed by atoms with Crippen molar-refractivity contribution in [3.63, 3.8) is 0 Å². The first-order chi connectivity index (χ1) is 20.5. The monoisotopic (exact) mass is 671 g/mol. The fraction of sp³-hybridized carbons (Fsp3) is 0.522. The highest BCUT2D eigenvalue weighted by Gasteiger charge is 2.54. The van der Waals surface area contributed by atoms with Crippen molar-refractivity contribution in [1.82, 2.24) is 29.8 Å². The van der Waals surface area contributed by atoms with E-state index in [-0.39, 0.29) is 29.0 Å². The van der Waals surface area contributed by atoms with E-state index < -0.39 is 47.4 Å². The maximum Gasteiger partial charge on any atom is 0.357 e. The predicted octanol–water partition coefficient (Wildman–Crippen LogP) is 0.578. The fourth-order valence-corrected chi connectivity index (χ4v) is 6.97. The van der Waals surface area contributed by atoms with Gasteiger partial charge in [-0.2, -0.15) is 9.36 Å². The highest BCUT2D eigenvalue weighted by molar-refractivity contribution is 8.01. The Morgan fingerprint density at radius 3 is 2.72 bits per heavy atom. The molecule has 20 heteroatoms. The van der Waals surface area contributed by atoms with Crippen molar-refractivity contribution < 1.29 is 33.5 Å². The van der Waals surface area contributed by atoms with Crippen molar-refractivity contribution in [2.24, 2.45) is 16.3 Å². The number of nitrogens with zero attached hydrogens (tertiary/aromatic N) is 6. The predicted molar refractivity (Wildman–Crippen MR) is 160 cm³/mol. The average molecular weight is 672 g/mol. The Kier molecular flexibility index (Phi) is 10.9. The van der Waals surface area contributed by atoms with Gasteiger partial charge in [-0.1, -0.05) is 28.3 Å². The number of anilines is 1. The largest absolute Gasteiger partial charge is 0.427 e. The number of nitrogens with two attached hydrogens (primary N) is 2. The van der Waals surface area contributed by atoms with Crippen LogP contribution in [0.3, 0.4) is 0 Å². The van der Waals surface area contributed by atoms with Crippen molar-refractivity contribution in [2.45, 2.75) is 42.9 Å². The third-order valence-electron chi connectivity index (χ3n) is 5.69. The van der Waals surface area contributed by atoms with Crippen LogP contribution < -0.4 is 16.8 Å². The van der Waals surface area contributed by atoms with E-state index in [1.807, 2.05) is 0 Å². The van der Waals surface area contributed by atoms with E-state index in [0.29, 0.717) is 34.4 Å². The lowest BCUT2D eigenvalue weighted by Crippen LogP contribution is -2.71. The zero-order valence-electron chi connectivity index (χ0n) is 23.3. The van der Waals surface area contributed by atoms with Crippen LogP contribution in [0, 0.1) is 5.41 Å². The SMILES string of the molecule is CC(C)(C)C(=O)OCOC(=O)C1=C(CSc2nncs2)CS[C@@H]2C(NC(=O)/C(=N/OCCCN)c3nsc(N)n3)C(=O)N12. The summed E-state index contributed by atoms with van der Waals surface area (Å²) in [5, 5.41) is 13.8. The number of β-lactam (4-membered cyclic amide) rings is 1. The summed E-state index contributed by atoms with van der Waals surface area (Å²) >= 11 is 4.92. The zero-order valence-corrected chi connectivity index (χ0v) is 26.6. The second-order valence-electron chi connectivity index (χ2n) is 9.91. The molecule has 2 aliphatic heterocycles. The number of ether oxygens (including phenoxy) is 2. The van der Waals surface area contributed by atoms with Crippen molar-refractivity contribution in [3.05, 3.63) is 22.6 Å². The Morgan fingerprint density at radius 1 is 1.28 bits per heavy atom. The Bertz CT molecular complexity index is 1410. The highest BCUT2D eigenvalue weighted by Crippen LogP contribution is 2.42. The number of fused-ring (bicyclic) bond motifs is 1. The molecule has 4 heterocycles.